The van der Waals surface area contributed by atoms with Gasteiger partial charge < -0.3 is 15.5 Å². The molecule has 1 aliphatic heterocycles. The van der Waals surface area contributed by atoms with E-state index in [2.05, 4.69) is 32.6 Å². The van der Waals surface area contributed by atoms with E-state index in [1.807, 2.05) is 13.0 Å². The first-order valence-electron chi connectivity index (χ1n) is 7.53. The summed E-state index contributed by atoms with van der Waals surface area (Å²) in [4.78, 5) is 8.97. The summed E-state index contributed by atoms with van der Waals surface area (Å²) in [6.07, 6.45) is 3.80. The summed E-state index contributed by atoms with van der Waals surface area (Å²) in [6.45, 7) is 8.13. The van der Waals surface area contributed by atoms with Gasteiger partial charge >= 0.3 is 0 Å². The molecule has 1 aromatic heterocycles. The lowest BCUT2D eigenvalue weighted by Crippen LogP contribution is -2.35. The molecule has 1 saturated heterocycles. The van der Waals surface area contributed by atoms with Gasteiger partial charge in [-0.3, -0.25) is 0 Å². The van der Waals surface area contributed by atoms with Crippen molar-refractivity contribution in [1.29, 1.82) is 0 Å². The van der Waals surface area contributed by atoms with Gasteiger partial charge in [-0.25, -0.2) is 15.0 Å². The van der Waals surface area contributed by atoms with E-state index in [0.717, 1.165) is 31.3 Å². The van der Waals surface area contributed by atoms with Gasteiger partial charge in [-0.05, 0) is 26.7 Å². The number of anilines is 2. The van der Waals surface area contributed by atoms with E-state index in [-0.39, 0.29) is 0 Å². The molecule has 0 unspecified atom stereocenters. The van der Waals surface area contributed by atoms with E-state index < -0.39 is 0 Å². The first-order chi connectivity index (χ1) is 9.81. The largest absolute Gasteiger partial charge is 0.374 e. The van der Waals surface area contributed by atoms with Gasteiger partial charge in [0, 0.05) is 32.3 Å². The molecular weight excluding hydrogens is 254 g/mol. The summed E-state index contributed by atoms with van der Waals surface area (Å²) in [5.74, 6) is 2.40. The highest BCUT2D eigenvalue weighted by molar-refractivity contribution is 5.47. The zero-order chi connectivity index (χ0) is 14.2. The molecule has 2 rings (SSSR count). The summed E-state index contributed by atoms with van der Waals surface area (Å²) >= 11 is 0. The Morgan fingerprint density at radius 3 is 2.60 bits per heavy atom. The zero-order valence-corrected chi connectivity index (χ0v) is 12.5. The third-order valence-electron chi connectivity index (χ3n) is 3.19. The molecule has 0 radical (unpaired) electrons. The van der Waals surface area contributed by atoms with Crippen LogP contribution in [0.1, 0.15) is 38.9 Å². The maximum atomic E-state index is 5.40. The number of piperidine rings is 1. The number of hydrogen-bond acceptors (Lipinski definition) is 6. The van der Waals surface area contributed by atoms with E-state index >= 15 is 0 Å². The van der Waals surface area contributed by atoms with Crippen molar-refractivity contribution in [2.75, 3.05) is 37.0 Å². The standard InChI is InChI=1S/C14H25N5O/c1-3-15-12-10-13(17-14(16-12)11-20-4-2)18-19-8-6-5-7-9-19/h10H,3-9,11H2,1-2H3,(H2,15,16,17,18). The van der Waals surface area contributed by atoms with E-state index in [1.54, 1.807) is 0 Å². The lowest BCUT2D eigenvalue weighted by atomic mass is 10.2. The molecule has 1 aromatic rings. The van der Waals surface area contributed by atoms with Gasteiger partial charge in [-0.2, -0.15) is 0 Å². The average molecular weight is 279 g/mol. The lowest BCUT2D eigenvalue weighted by molar-refractivity contribution is 0.128. The molecule has 6 heteroatoms. The quantitative estimate of drug-likeness (QED) is 0.798. The molecule has 0 atom stereocenters. The van der Waals surface area contributed by atoms with Crippen molar-refractivity contribution in [3.8, 4) is 0 Å². The summed E-state index contributed by atoms with van der Waals surface area (Å²) in [6, 6.07) is 1.95. The number of nitrogens with one attached hydrogen (secondary N) is 2. The molecule has 1 aliphatic rings. The number of ether oxygens (including phenoxy) is 1. The fourth-order valence-electron chi connectivity index (χ4n) is 2.25. The third kappa shape index (κ3) is 4.61. The van der Waals surface area contributed by atoms with Gasteiger partial charge in [-0.15, -0.1) is 0 Å². The molecule has 6 nitrogen and oxygen atoms in total. The van der Waals surface area contributed by atoms with Crippen LogP contribution in [0.5, 0.6) is 0 Å². The number of hydrogen-bond donors (Lipinski definition) is 2. The summed E-state index contributed by atoms with van der Waals surface area (Å²) in [5.41, 5.74) is 3.38. The summed E-state index contributed by atoms with van der Waals surface area (Å²) in [7, 11) is 0. The highest BCUT2D eigenvalue weighted by Crippen LogP contribution is 2.15. The highest BCUT2D eigenvalue weighted by Gasteiger charge is 2.12. The molecule has 0 aromatic carbocycles. The minimum atomic E-state index is 0.449. The van der Waals surface area contributed by atoms with Crippen molar-refractivity contribution in [2.24, 2.45) is 0 Å². The second kappa shape index (κ2) is 8.01. The van der Waals surface area contributed by atoms with Crippen LogP contribution in [0, 0.1) is 0 Å². The van der Waals surface area contributed by atoms with Gasteiger partial charge in [0.25, 0.3) is 0 Å². The number of aromatic nitrogens is 2. The third-order valence-corrected chi connectivity index (χ3v) is 3.19. The number of nitrogens with zero attached hydrogens (tertiary/aromatic N) is 3. The van der Waals surface area contributed by atoms with Crippen molar-refractivity contribution >= 4 is 11.6 Å². The van der Waals surface area contributed by atoms with Crippen LogP contribution in [0.4, 0.5) is 11.6 Å². The molecule has 0 aliphatic carbocycles. The van der Waals surface area contributed by atoms with Gasteiger partial charge in [0.2, 0.25) is 0 Å². The summed E-state index contributed by atoms with van der Waals surface area (Å²) in [5, 5.41) is 5.46. The minimum Gasteiger partial charge on any atom is -0.374 e. The van der Waals surface area contributed by atoms with E-state index in [4.69, 9.17) is 4.74 Å². The molecule has 0 spiro atoms. The van der Waals surface area contributed by atoms with Gasteiger partial charge in [0.15, 0.2) is 5.82 Å². The second-order valence-electron chi connectivity index (χ2n) is 4.88. The van der Waals surface area contributed by atoms with Crippen LogP contribution >= 0.6 is 0 Å². The number of hydrazine groups is 1. The average Bonchev–Trinajstić information content (AvgIpc) is 2.46. The molecule has 112 valence electrons. The van der Waals surface area contributed by atoms with E-state index in [1.165, 1.54) is 19.3 Å². The Hall–Kier alpha value is -1.40. The molecule has 0 amide bonds. The SMILES string of the molecule is CCNc1cc(NN2CCCCC2)nc(COCC)n1. The Kier molecular flexibility index (Phi) is 6.01. The van der Waals surface area contributed by atoms with Gasteiger partial charge in [-0.1, -0.05) is 6.42 Å². The molecule has 0 bridgehead atoms. The van der Waals surface area contributed by atoms with Crippen LogP contribution in [0.2, 0.25) is 0 Å². The van der Waals surface area contributed by atoms with Crippen LogP contribution < -0.4 is 10.7 Å². The van der Waals surface area contributed by atoms with Gasteiger partial charge in [0.05, 0.1) is 0 Å². The molecule has 20 heavy (non-hydrogen) atoms. The predicted molar refractivity (Wildman–Crippen MR) is 80.6 cm³/mol. The Balaban J connectivity index is 2.06. The van der Waals surface area contributed by atoms with Crippen LogP contribution in [0.25, 0.3) is 0 Å². The van der Waals surface area contributed by atoms with E-state index in [0.29, 0.717) is 19.0 Å². The first-order valence-corrected chi connectivity index (χ1v) is 7.53. The van der Waals surface area contributed by atoms with Crippen molar-refractivity contribution in [1.82, 2.24) is 15.0 Å². The smallest absolute Gasteiger partial charge is 0.158 e. The van der Waals surface area contributed by atoms with Crippen LogP contribution in [0.15, 0.2) is 6.07 Å². The van der Waals surface area contributed by atoms with Crippen molar-refractivity contribution < 1.29 is 4.74 Å². The monoisotopic (exact) mass is 279 g/mol. The molecule has 2 heterocycles. The van der Waals surface area contributed by atoms with Crippen molar-refractivity contribution in [2.45, 2.75) is 39.7 Å². The molecular formula is C14H25N5O. The molecule has 0 saturated carbocycles. The Morgan fingerprint density at radius 2 is 1.90 bits per heavy atom. The Labute approximate surface area is 120 Å². The predicted octanol–water partition coefficient (Wildman–Crippen LogP) is 2.26. The topological polar surface area (TPSA) is 62.3 Å². The first kappa shape index (κ1) is 15.0. The summed E-state index contributed by atoms with van der Waals surface area (Å²) < 4.78 is 5.40. The molecule has 2 N–H and O–H groups in total. The Bertz CT molecular complexity index is 407. The lowest BCUT2D eigenvalue weighted by Gasteiger charge is -2.27. The van der Waals surface area contributed by atoms with Crippen molar-refractivity contribution in [3.05, 3.63) is 11.9 Å². The normalized spacial score (nSPS) is 16.1. The Morgan fingerprint density at radius 1 is 1.15 bits per heavy atom. The highest BCUT2D eigenvalue weighted by atomic mass is 16.5. The fourth-order valence-corrected chi connectivity index (χ4v) is 2.25. The van der Waals surface area contributed by atoms with Gasteiger partial charge in [0.1, 0.15) is 18.2 Å². The van der Waals surface area contributed by atoms with Crippen LogP contribution in [-0.2, 0) is 11.3 Å². The van der Waals surface area contributed by atoms with E-state index in [9.17, 15) is 0 Å². The zero-order valence-electron chi connectivity index (χ0n) is 12.5. The van der Waals surface area contributed by atoms with Crippen LogP contribution in [0.3, 0.4) is 0 Å². The maximum absolute atomic E-state index is 5.40. The van der Waals surface area contributed by atoms with Crippen LogP contribution in [-0.4, -0.2) is 41.2 Å². The number of rotatable bonds is 7. The molecule has 1 fully saturated rings. The van der Waals surface area contributed by atoms with Crippen molar-refractivity contribution in [3.63, 3.8) is 0 Å². The minimum absolute atomic E-state index is 0.449. The second-order valence-corrected chi connectivity index (χ2v) is 4.88. The maximum Gasteiger partial charge on any atom is 0.158 e. The fraction of sp³-hybridized carbons (Fsp3) is 0.714.